The van der Waals surface area contributed by atoms with Gasteiger partial charge in [0.2, 0.25) is 0 Å². The van der Waals surface area contributed by atoms with Crippen molar-refractivity contribution in [1.29, 1.82) is 0 Å². The molecule has 1 fully saturated rings. The van der Waals surface area contributed by atoms with Gasteiger partial charge in [-0.15, -0.1) is 0 Å². The van der Waals surface area contributed by atoms with Crippen molar-refractivity contribution in [1.82, 2.24) is 21.1 Å². The van der Waals surface area contributed by atoms with Crippen molar-refractivity contribution in [3.05, 3.63) is 89.6 Å². The molecule has 1 aliphatic carbocycles. The minimum atomic E-state index is -0.143. The van der Waals surface area contributed by atoms with E-state index in [1.807, 2.05) is 86.7 Å². The van der Waals surface area contributed by atoms with Gasteiger partial charge in [-0.1, -0.05) is 56.3 Å². The van der Waals surface area contributed by atoms with Crippen LogP contribution in [0.1, 0.15) is 48.2 Å². The molecule has 2 aromatic carbocycles. The first-order valence-electron chi connectivity index (χ1n) is 12.2. The standard InChI is InChI=1S/C22H23N5O.C4H6O.C2H6/c1-23-22-25-20-19(8-5-15-27(20)26-22)17-9-11-18(12-10-17)21(28)24-14-13-16-6-3-2-4-7-16;5-3-4-1-2-4;1-2/h2-12,15,22-23,26H,13-14H2,1H3,(H,24,28);3-4H,1-2H2;1-2H3. The molecule has 2 aliphatic heterocycles. The molecule has 35 heavy (non-hydrogen) atoms. The molecule has 1 atom stereocenters. The largest absolute Gasteiger partial charge is 0.352 e. The highest BCUT2D eigenvalue weighted by molar-refractivity contribution is 6.24. The zero-order valence-electron chi connectivity index (χ0n) is 20.7. The highest BCUT2D eigenvalue weighted by Gasteiger charge is 2.26. The van der Waals surface area contributed by atoms with E-state index in [4.69, 9.17) is 0 Å². The number of hydrogen-bond donors (Lipinski definition) is 3. The molecule has 184 valence electrons. The second-order valence-corrected chi connectivity index (χ2v) is 8.11. The lowest BCUT2D eigenvalue weighted by Gasteiger charge is -2.21. The molecular formula is C28H35N5O2. The van der Waals surface area contributed by atoms with Crippen LogP contribution >= 0.6 is 0 Å². The maximum atomic E-state index is 12.4. The highest BCUT2D eigenvalue weighted by atomic mass is 16.1. The van der Waals surface area contributed by atoms with Gasteiger partial charge in [0.15, 0.2) is 12.1 Å². The van der Waals surface area contributed by atoms with Crippen LogP contribution in [-0.4, -0.2) is 42.9 Å². The van der Waals surface area contributed by atoms with E-state index < -0.39 is 0 Å². The van der Waals surface area contributed by atoms with Crippen LogP contribution < -0.4 is 16.1 Å². The predicted octanol–water partition coefficient (Wildman–Crippen LogP) is 3.91. The average molecular weight is 474 g/mol. The van der Waals surface area contributed by atoms with Gasteiger partial charge in [-0.3, -0.25) is 15.1 Å². The molecule has 3 N–H and O–H groups in total. The number of nitrogens with one attached hydrogen (secondary N) is 3. The first-order valence-corrected chi connectivity index (χ1v) is 12.2. The Balaban J connectivity index is 0.000000428. The lowest BCUT2D eigenvalue weighted by molar-refractivity contribution is -0.108. The molecule has 7 nitrogen and oxygen atoms in total. The molecule has 0 radical (unpaired) electrons. The molecule has 1 unspecified atom stereocenters. The molecule has 0 spiro atoms. The van der Waals surface area contributed by atoms with Crippen LogP contribution in [0.25, 0.3) is 5.57 Å². The number of allylic oxidation sites excluding steroid dienone is 2. The van der Waals surface area contributed by atoms with Crippen LogP contribution in [0, 0.1) is 5.92 Å². The number of amidine groups is 1. The van der Waals surface area contributed by atoms with Crippen molar-refractivity contribution in [2.45, 2.75) is 39.4 Å². The minimum absolute atomic E-state index is 0.0586. The second-order valence-electron chi connectivity index (χ2n) is 8.11. The molecule has 0 saturated heterocycles. The summed E-state index contributed by atoms with van der Waals surface area (Å²) in [5.41, 5.74) is 7.14. The Hall–Kier alpha value is -3.55. The summed E-state index contributed by atoms with van der Waals surface area (Å²) in [4.78, 5) is 26.6. The summed E-state index contributed by atoms with van der Waals surface area (Å²) in [5, 5.41) is 7.98. The zero-order valence-corrected chi connectivity index (χ0v) is 20.7. The number of hydrazine groups is 1. The number of amides is 1. The van der Waals surface area contributed by atoms with E-state index in [0.29, 0.717) is 18.0 Å². The summed E-state index contributed by atoms with van der Waals surface area (Å²) >= 11 is 0. The first-order chi connectivity index (χ1) is 17.2. The highest BCUT2D eigenvalue weighted by Crippen LogP contribution is 2.25. The van der Waals surface area contributed by atoms with Crippen LogP contribution in [0.5, 0.6) is 0 Å². The summed E-state index contributed by atoms with van der Waals surface area (Å²) in [6.45, 7) is 4.61. The van der Waals surface area contributed by atoms with Crippen LogP contribution in [0.2, 0.25) is 0 Å². The number of benzene rings is 2. The lowest BCUT2D eigenvalue weighted by Crippen LogP contribution is -2.42. The third kappa shape index (κ3) is 7.47. The monoisotopic (exact) mass is 473 g/mol. The molecule has 0 aromatic heterocycles. The summed E-state index contributed by atoms with van der Waals surface area (Å²) in [5.74, 6) is 1.26. The molecule has 3 aliphatic rings. The number of hydrogen-bond acceptors (Lipinski definition) is 6. The van der Waals surface area contributed by atoms with Gasteiger partial charge in [0, 0.05) is 29.8 Å². The fraction of sp³-hybridized carbons (Fsp3) is 0.321. The van der Waals surface area contributed by atoms with E-state index in [2.05, 4.69) is 33.2 Å². The van der Waals surface area contributed by atoms with Crippen molar-refractivity contribution in [2.75, 3.05) is 13.6 Å². The SMILES string of the molecule is CC.CNC1N=C2C(c3ccc(C(=O)NCCc4ccccc4)cc3)=CC=CN2N1.O=CC1CC1. The quantitative estimate of drug-likeness (QED) is 0.531. The van der Waals surface area contributed by atoms with Crippen LogP contribution in [0.3, 0.4) is 0 Å². The second kappa shape index (κ2) is 13.4. The van der Waals surface area contributed by atoms with E-state index in [-0.39, 0.29) is 12.2 Å². The Morgan fingerprint density at radius 1 is 1.11 bits per heavy atom. The predicted molar refractivity (Wildman–Crippen MR) is 141 cm³/mol. The fourth-order valence-corrected chi connectivity index (χ4v) is 3.47. The number of carbonyl (C=O) groups is 2. The Kier molecular flexibility index (Phi) is 9.95. The van der Waals surface area contributed by atoms with E-state index in [0.717, 1.165) is 42.5 Å². The topological polar surface area (TPSA) is 85.8 Å². The van der Waals surface area contributed by atoms with Crippen LogP contribution in [0.4, 0.5) is 0 Å². The van der Waals surface area contributed by atoms with Crippen molar-refractivity contribution >= 4 is 23.6 Å². The number of aldehydes is 1. The number of fused-ring (bicyclic) bond motifs is 1. The maximum absolute atomic E-state index is 12.4. The van der Waals surface area contributed by atoms with E-state index in [1.165, 1.54) is 5.56 Å². The van der Waals surface area contributed by atoms with E-state index in [9.17, 15) is 9.59 Å². The van der Waals surface area contributed by atoms with Gasteiger partial charge in [0.1, 0.15) is 6.29 Å². The number of nitrogens with zero attached hydrogens (tertiary/aromatic N) is 2. The summed E-state index contributed by atoms with van der Waals surface area (Å²) in [6.07, 6.45) is 9.93. The normalized spacial score (nSPS) is 17.6. The van der Waals surface area contributed by atoms with Gasteiger partial charge in [0.25, 0.3) is 5.91 Å². The third-order valence-electron chi connectivity index (χ3n) is 5.57. The number of aliphatic imine (C=N–C) groups is 1. The maximum Gasteiger partial charge on any atom is 0.251 e. The summed E-state index contributed by atoms with van der Waals surface area (Å²) in [6, 6.07) is 17.8. The zero-order chi connectivity index (χ0) is 25.0. The van der Waals surface area contributed by atoms with Crippen molar-refractivity contribution in [2.24, 2.45) is 10.9 Å². The Morgan fingerprint density at radius 2 is 1.83 bits per heavy atom. The third-order valence-corrected chi connectivity index (χ3v) is 5.57. The van der Waals surface area contributed by atoms with E-state index in [1.54, 1.807) is 0 Å². The molecule has 5 rings (SSSR count). The molecule has 2 aromatic rings. The van der Waals surface area contributed by atoms with Gasteiger partial charge >= 0.3 is 0 Å². The van der Waals surface area contributed by atoms with Gasteiger partial charge < -0.3 is 10.1 Å². The van der Waals surface area contributed by atoms with Crippen molar-refractivity contribution < 1.29 is 9.59 Å². The summed E-state index contributed by atoms with van der Waals surface area (Å²) < 4.78 is 0. The molecule has 7 heteroatoms. The van der Waals surface area contributed by atoms with Crippen LogP contribution in [0.15, 0.2) is 77.9 Å². The molecule has 1 amide bonds. The number of carbonyl (C=O) groups excluding carboxylic acids is 2. The smallest absolute Gasteiger partial charge is 0.251 e. The van der Waals surface area contributed by atoms with Gasteiger partial charge in [-0.25, -0.2) is 4.99 Å². The minimum Gasteiger partial charge on any atom is -0.352 e. The van der Waals surface area contributed by atoms with Crippen molar-refractivity contribution in [3.63, 3.8) is 0 Å². The molecular weight excluding hydrogens is 438 g/mol. The van der Waals surface area contributed by atoms with Gasteiger partial charge in [-0.2, -0.15) is 5.43 Å². The Labute approximate surface area is 208 Å². The van der Waals surface area contributed by atoms with Crippen LogP contribution in [-0.2, 0) is 11.2 Å². The Morgan fingerprint density at radius 3 is 2.43 bits per heavy atom. The lowest BCUT2D eigenvalue weighted by atomic mass is 10.0. The average Bonchev–Trinajstić information content (AvgIpc) is 3.67. The Bertz CT molecular complexity index is 1060. The molecule has 2 heterocycles. The van der Waals surface area contributed by atoms with Gasteiger partial charge in [-0.05, 0) is 61.7 Å². The van der Waals surface area contributed by atoms with Gasteiger partial charge in [0.05, 0.1) is 0 Å². The first kappa shape index (κ1) is 26.1. The number of rotatable bonds is 7. The van der Waals surface area contributed by atoms with E-state index >= 15 is 0 Å². The fourth-order valence-electron chi connectivity index (χ4n) is 3.47. The van der Waals surface area contributed by atoms with Crippen molar-refractivity contribution in [3.8, 4) is 0 Å². The molecule has 0 bridgehead atoms. The molecule has 1 saturated carbocycles. The summed E-state index contributed by atoms with van der Waals surface area (Å²) in [7, 11) is 1.86.